The summed E-state index contributed by atoms with van der Waals surface area (Å²) in [5.74, 6) is 0.452. The number of rotatable bonds is 7. The van der Waals surface area contributed by atoms with Gasteiger partial charge in [0.1, 0.15) is 16.3 Å². The second-order valence-corrected chi connectivity index (χ2v) is 8.19. The van der Waals surface area contributed by atoms with Crippen molar-refractivity contribution in [3.05, 3.63) is 59.0 Å². The predicted molar refractivity (Wildman–Crippen MR) is 106 cm³/mol. The van der Waals surface area contributed by atoms with Crippen molar-refractivity contribution in [3.8, 4) is 17.0 Å². The second kappa shape index (κ2) is 8.46. The molecule has 0 saturated carbocycles. The Labute approximate surface area is 166 Å². The molecular weight excluding hydrogens is 400 g/mol. The molecule has 146 valence electrons. The summed E-state index contributed by atoms with van der Waals surface area (Å²) in [6, 6.07) is 13.5. The van der Waals surface area contributed by atoms with E-state index in [0.29, 0.717) is 29.3 Å². The summed E-state index contributed by atoms with van der Waals surface area (Å²) in [6.45, 7) is 0.382. The number of hydrogen-bond acceptors (Lipinski definition) is 7. The molecule has 10 heteroatoms. The number of amides is 1. The Bertz CT molecular complexity index is 1060. The zero-order chi connectivity index (χ0) is 20.1. The molecule has 3 N–H and O–H groups in total. The lowest BCUT2D eigenvalue weighted by molar-refractivity contribution is 0.0958. The van der Waals surface area contributed by atoms with E-state index in [9.17, 15) is 13.2 Å². The summed E-state index contributed by atoms with van der Waals surface area (Å²) in [6.07, 6.45) is 0.542. The topological polar surface area (TPSA) is 124 Å². The molecule has 1 heterocycles. The van der Waals surface area contributed by atoms with Gasteiger partial charge in [-0.25, -0.2) is 13.6 Å². The maximum Gasteiger partial charge on any atom is 0.265 e. The van der Waals surface area contributed by atoms with Crippen LogP contribution in [-0.2, 0) is 16.4 Å². The maximum atomic E-state index is 12.5. The number of sulfonamides is 1. The molecule has 1 amide bonds. The van der Waals surface area contributed by atoms with Crippen molar-refractivity contribution in [1.82, 2.24) is 14.9 Å². The first-order valence-corrected chi connectivity index (χ1v) is 10.6. The fourth-order valence-electron chi connectivity index (χ4n) is 2.52. The van der Waals surface area contributed by atoms with Gasteiger partial charge in [-0.3, -0.25) is 4.79 Å². The molecule has 3 aromatic rings. The van der Waals surface area contributed by atoms with Crippen LogP contribution < -0.4 is 15.2 Å². The monoisotopic (exact) mass is 418 g/mol. The van der Waals surface area contributed by atoms with E-state index in [0.717, 1.165) is 22.7 Å². The van der Waals surface area contributed by atoms with Crippen molar-refractivity contribution in [2.45, 2.75) is 11.3 Å². The third-order valence-corrected chi connectivity index (χ3v) is 5.66. The van der Waals surface area contributed by atoms with Gasteiger partial charge in [-0.2, -0.15) is 0 Å². The highest BCUT2D eigenvalue weighted by atomic mass is 32.2. The molecule has 8 nitrogen and oxygen atoms in total. The van der Waals surface area contributed by atoms with E-state index in [-0.39, 0.29) is 10.8 Å². The number of carbonyl (C=O) groups excluding carboxylic acids is 1. The minimum absolute atomic E-state index is 0.0557. The van der Waals surface area contributed by atoms with Crippen LogP contribution in [0.4, 0.5) is 0 Å². The van der Waals surface area contributed by atoms with Crippen molar-refractivity contribution in [2.24, 2.45) is 5.14 Å². The molecule has 0 fully saturated rings. The molecular formula is C18H18N4O4S2. The minimum atomic E-state index is -3.71. The Kier molecular flexibility index (Phi) is 6.02. The van der Waals surface area contributed by atoms with Crippen LogP contribution in [0.2, 0.25) is 0 Å². The predicted octanol–water partition coefficient (Wildman–Crippen LogP) is 1.83. The Balaban J connectivity index is 1.62. The molecule has 0 bridgehead atoms. The number of carbonyl (C=O) groups is 1. The van der Waals surface area contributed by atoms with Gasteiger partial charge in [-0.1, -0.05) is 16.6 Å². The number of benzene rings is 2. The third-order valence-electron chi connectivity index (χ3n) is 4.01. The number of hydrogen-bond donors (Lipinski definition) is 2. The molecule has 0 aliphatic heterocycles. The van der Waals surface area contributed by atoms with Crippen LogP contribution in [0.25, 0.3) is 11.3 Å². The number of nitrogens with one attached hydrogen (secondary N) is 1. The maximum absolute atomic E-state index is 12.5. The van der Waals surface area contributed by atoms with Crippen LogP contribution in [0.3, 0.4) is 0 Å². The standard InChI is InChI=1S/C18H18N4O4S2/c1-26-14-6-4-13(5-7-14)16-17(27-22-21-16)18(23)20-11-10-12-2-8-15(9-3-12)28(19,24)25/h2-9H,10-11H2,1H3,(H,20,23)(H2,19,24,25). The second-order valence-electron chi connectivity index (χ2n) is 5.87. The number of ether oxygens (including phenoxy) is 1. The molecule has 0 aliphatic carbocycles. The fourth-order valence-corrected chi connectivity index (χ4v) is 3.64. The van der Waals surface area contributed by atoms with E-state index in [1.54, 1.807) is 31.4 Å². The van der Waals surface area contributed by atoms with Crippen molar-refractivity contribution in [2.75, 3.05) is 13.7 Å². The van der Waals surface area contributed by atoms with Gasteiger partial charge in [0.05, 0.1) is 12.0 Å². The summed E-state index contributed by atoms with van der Waals surface area (Å²) >= 11 is 1.03. The zero-order valence-electron chi connectivity index (χ0n) is 15.0. The smallest absolute Gasteiger partial charge is 0.265 e. The number of nitrogens with zero attached hydrogens (tertiary/aromatic N) is 2. The van der Waals surface area contributed by atoms with E-state index in [4.69, 9.17) is 9.88 Å². The summed E-state index contributed by atoms with van der Waals surface area (Å²) in [7, 11) is -2.12. The normalized spacial score (nSPS) is 11.2. The van der Waals surface area contributed by atoms with Crippen LogP contribution in [0.15, 0.2) is 53.4 Å². The van der Waals surface area contributed by atoms with Crippen LogP contribution in [-0.4, -0.2) is 37.6 Å². The molecule has 1 aromatic heterocycles. The highest BCUT2D eigenvalue weighted by Gasteiger charge is 2.17. The first kappa shape index (κ1) is 19.9. The first-order chi connectivity index (χ1) is 13.4. The minimum Gasteiger partial charge on any atom is -0.497 e. The van der Waals surface area contributed by atoms with Gasteiger partial charge >= 0.3 is 0 Å². The molecule has 0 unspecified atom stereocenters. The number of aromatic nitrogens is 2. The van der Waals surface area contributed by atoms with Gasteiger partial charge in [0.25, 0.3) is 5.91 Å². The first-order valence-electron chi connectivity index (χ1n) is 8.25. The Hall–Kier alpha value is -2.82. The van der Waals surface area contributed by atoms with Gasteiger partial charge in [-0.05, 0) is 59.9 Å². The summed E-state index contributed by atoms with van der Waals surface area (Å²) in [4.78, 5) is 13.0. The van der Waals surface area contributed by atoms with Gasteiger partial charge in [0.15, 0.2) is 0 Å². The number of nitrogens with two attached hydrogens (primary N) is 1. The van der Waals surface area contributed by atoms with Crippen LogP contribution in [0.5, 0.6) is 5.75 Å². The van der Waals surface area contributed by atoms with Gasteiger partial charge in [0, 0.05) is 12.1 Å². The molecule has 2 aromatic carbocycles. The lowest BCUT2D eigenvalue weighted by Gasteiger charge is -2.06. The van der Waals surface area contributed by atoms with E-state index in [1.807, 2.05) is 12.1 Å². The highest BCUT2D eigenvalue weighted by Crippen LogP contribution is 2.25. The lowest BCUT2D eigenvalue weighted by Crippen LogP contribution is -2.25. The van der Waals surface area contributed by atoms with E-state index >= 15 is 0 Å². The van der Waals surface area contributed by atoms with E-state index in [1.165, 1.54) is 12.1 Å². The van der Waals surface area contributed by atoms with Crippen LogP contribution in [0, 0.1) is 0 Å². The zero-order valence-corrected chi connectivity index (χ0v) is 16.6. The largest absolute Gasteiger partial charge is 0.497 e. The van der Waals surface area contributed by atoms with Crippen LogP contribution in [0.1, 0.15) is 15.2 Å². The van der Waals surface area contributed by atoms with Crippen molar-refractivity contribution in [3.63, 3.8) is 0 Å². The average Bonchev–Trinajstić information content (AvgIpc) is 3.17. The summed E-state index contributed by atoms with van der Waals surface area (Å²) in [5.41, 5.74) is 2.17. The summed E-state index contributed by atoms with van der Waals surface area (Å²) < 4.78 is 31.6. The van der Waals surface area contributed by atoms with Gasteiger partial charge in [-0.15, -0.1) is 5.10 Å². The highest BCUT2D eigenvalue weighted by molar-refractivity contribution is 7.89. The Morgan fingerprint density at radius 1 is 1.14 bits per heavy atom. The molecule has 28 heavy (non-hydrogen) atoms. The van der Waals surface area contributed by atoms with Crippen LogP contribution >= 0.6 is 11.5 Å². The summed E-state index contributed by atoms with van der Waals surface area (Å²) in [5, 5.41) is 12.0. The number of primary sulfonamides is 1. The quantitative estimate of drug-likeness (QED) is 0.603. The molecule has 0 aliphatic rings. The fraction of sp³-hybridized carbons (Fsp3) is 0.167. The average molecular weight is 419 g/mol. The van der Waals surface area contributed by atoms with Crippen molar-refractivity contribution >= 4 is 27.5 Å². The lowest BCUT2D eigenvalue weighted by atomic mass is 10.1. The molecule has 0 atom stereocenters. The Morgan fingerprint density at radius 3 is 2.43 bits per heavy atom. The molecule has 0 radical (unpaired) electrons. The van der Waals surface area contributed by atoms with E-state index < -0.39 is 10.0 Å². The van der Waals surface area contributed by atoms with Crippen molar-refractivity contribution < 1.29 is 17.9 Å². The van der Waals surface area contributed by atoms with Crippen molar-refractivity contribution in [1.29, 1.82) is 0 Å². The molecule has 0 saturated heterocycles. The van der Waals surface area contributed by atoms with E-state index in [2.05, 4.69) is 14.9 Å². The molecule has 3 rings (SSSR count). The molecule has 0 spiro atoms. The van der Waals surface area contributed by atoms with Gasteiger partial charge < -0.3 is 10.1 Å². The SMILES string of the molecule is COc1ccc(-c2nnsc2C(=O)NCCc2ccc(S(N)(=O)=O)cc2)cc1. The Morgan fingerprint density at radius 2 is 1.82 bits per heavy atom. The number of methoxy groups -OCH3 is 1. The van der Waals surface area contributed by atoms with Gasteiger partial charge in [0.2, 0.25) is 10.0 Å². The third kappa shape index (κ3) is 4.71.